The summed E-state index contributed by atoms with van der Waals surface area (Å²) < 4.78 is 23.1. The number of likely N-dealkylation sites (N-methyl/N-ethyl adjacent to an activating group) is 1. The maximum atomic E-state index is 12.8. The molecule has 8 nitrogen and oxygen atoms in total. The van der Waals surface area contributed by atoms with Crippen molar-refractivity contribution in [2.24, 2.45) is 0 Å². The van der Waals surface area contributed by atoms with Crippen LogP contribution < -0.4 is 10.2 Å². The van der Waals surface area contributed by atoms with Gasteiger partial charge >= 0.3 is 0 Å². The Morgan fingerprint density at radius 3 is 1.48 bits per heavy atom. The summed E-state index contributed by atoms with van der Waals surface area (Å²) in [7, 11) is 1.30. The van der Waals surface area contributed by atoms with Crippen molar-refractivity contribution in [2.75, 3.05) is 40.9 Å². The number of nitrogens with one attached hydrogen (secondary N) is 1. The average molecular weight is 813 g/mol. The van der Waals surface area contributed by atoms with E-state index in [1.807, 2.05) is 21.1 Å². The molecule has 2 N–H and O–H groups in total. The third-order valence-corrected chi connectivity index (χ3v) is 11.7. The minimum absolute atomic E-state index is 0.0126. The quantitative estimate of drug-likeness (QED) is 0.0275. The Balaban J connectivity index is 3.86. The Hall–Kier alpha value is -1.02. The number of quaternary nitrogens is 1. The SMILES string of the molecule is CCCCCCC/C=C\C/C=C\CCCCCCCCCCCCCCCCCCCC(=O)NC(COP(=O)([O-])OCC[N+](C)(C)C)C(O)CCCCCCC. The van der Waals surface area contributed by atoms with Crippen LogP contribution in [0.4, 0.5) is 0 Å². The van der Waals surface area contributed by atoms with Crippen LogP contribution in [-0.4, -0.2) is 68.5 Å². The molecule has 332 valence electrons. The van der Waals surface area contributed by atoms with Crippen molar-refractivity contribution in [3.05, 3.63) is 24.3 Å². The molecule has 0 saturated heterocycles. The molecule has 0 bridgehead atoms. The summed E-state index contributed by atoms with van der Waals surface area (Å²) in [6.07, 6.45) is 46.8. The van der Waals surface area contributed by atoms with Gasteiger partial charge in [0, 0.05) is 6.42 Å². The number of amides is 1. The van der Waals surface area contributed by atoms with Crippen molar-refractivity contribution in [3.63, 3.8) is 0 Å². The second-order valence-electron chi connectivity index (χ2n) is 17.5. The summed E-state index contributed by atoms with van der Waals surface area (Å²) in [5.41, 5.74) is 0. The molecular formula is C47H93N2O6P. The minimum atomic E-state index is -4.55. The molecule has 0 fully saturated rings. The molecule has 3 atom stereocenters. The van der Waals surface area contributed by atoms with Crippen LogP contribution in [0.15, 0.2) is 24.3 Å². The van der Waals surface area contributed by atoms with E-state index in [4.69, 9.17) is 9.05 Å². The van der Waals surface area contributed by atoms with Crippen molar-refractivity contribution in [1.29, 1.82) is 0 Å². The molecule has 0 aromatic rings. The summed E-state index contributed by atoms with van der Waals surface area (Å²) in [6.45, 7) is 4.62. The van der Waals surface area contributed by atoms with Gasteiger partial charge in [0.05, 0.1) is 39.9 Å². The smallest absolute Gasteiger partial charge is 0.268 e. The molecule has 0 aromatic carbocycles. The number of aliphatic hydroxyl groups is 1. The van der Waals surface area contributed by atoms with Crippen LogP contribution >= 0.6 is 7.82 Å². The van der Waals surface area contributed by atoms with Crippen LogP contribution in [0.5, 0.6) is 0 Å². The molecule has 3 unspecified atom stereocenters. The first-order chi connectivity index (χ1) is 27.0. The molecule has 0 aliphatic rings. The maximum Gasteiger partial charge on any atom is 0.268 e. The fourth-order valence-electron chi connectivity index (χ4n) is 6.89. The van der Waals surface area contributed by atoms with Gasteiger partial charge in [-0.1, -0.05) is 192 Å². The van der Waals surface area contributed by atoms with Gasteiger partial charge in [-0.25, -0.2) is 0 Å². The van der Waals surface area contributed by atoms with Gasteiger partial charge in [0.1, 0.15) is 13.2 Å². The van der Waals surface area contributed by atoms with E-state index in [9.17, 15) is 19.4 Å². The van der Waals surface area contributed by atoms with Crippen LogP contribution in [0.3, 0.4) is 0 Å². The number of nitrogens with zero attached hydrogens (tertiary/aromatic N) is 1. The molecule has 0 radical (unpaired) electrons. The van der Waals surface area contributed by atoms with Crippen molar-refractivity contribution >= 4 is 13.7 Å². The highest BCUT2D eigenvalue weighted by atomic mass is 31.2. The second kappa shape index (κ2) is 39.4. The molecule has 0 spiro atoms. The zero-order valence-corrected chi connectivity index (χ0v) is 38.5. The van der Waals surface area contributed by atoms with Gasteiger partial charge in [-0.05, 0) is 44.9 Å². The van der Waals surface area contributed by atoms with Gasteiger partial charge in [0.15, 0.2) is 0 Å². The number of allylic oxidation sites excluding steroid dienone is 4. The van der Waals surface area contributed by atoms with Crippen molar-refractivity contribution < 1.29 is 32.9 Å². The largest absolute Gasteiger partial charge is 0.756 e. The fraction of sp³-hybridized carbons (Fsp3) is 0.894. The number of carbonyl (C=O) groups excluding carboxylic acids is 1. The number of phosphoric ester groups is 1. The topological polar surface area (TPSA) is 108 Å². The summed E-state index contributed by atoms with van der Waals surface area (Å²) in [5, 5.41) is 13.7. The maximum absolute atomic E-state index is 12.8. The number of hydrogen-bond acceptors (Lipinski definition) is 6. The Bertz CT molecular complexity index is 969. The van der Waals surface area contributed by atoms with Crippen molar-refractivity contribution in [2.45, 2.75) is 231 Å². The van der Waals surface area contributed by atoms with Crippen LogP contribution in [0.1, 0.15) is 219 Å². The summed E-state index contributed by atoms with van der Waals surface area (Å²) >= 11 is 0. The van der Waals surface area contributed by atoms with Gasteiger partial charge < -0.3 is 28.8 Å². The number of carbonyl (C=O) groups is 1. The lowest BCUT2D eigenvalue weighted by molar-refractivity contribution is -0.870. The first kappa shape index (κ1) is 55.0. The van der Waals surface area contributed by atoms with Gasteiger partial charge in [-0.15, -0.1) is 0 Å². The molecule has 0 saturated carbocycles. The summed E-state index contributed by atoms with van der Waals surface area (Å²) in [4.78, 5) is 25.1. The number of phosphoric acid groups is 1. The van der Waals surface area contributed by atoms with Crippen LogP contribution in [0.25, 0.3) is 0 Å². The first-order valence-corrected chi connectivity index (χ1v) is 25.1. The van der Waals surface area contributed by atoms with E-state index in [-0.39, 0.29) is 19.1 Å². The lowest BCUT2D eigenvalue weighted by Gasteiger charge is -2.30. The lowest BCUT2D eigenvalue weighted by Crippen LogP contribution is -2.46. The minimum Gasteiger partial charge on any atom is -0.756 e. The van der Waals surface area contributed by atoms with E-state index in [1.165, 1.54) is 135 Å². The predicted octanol–water partition coefficient (Wildman–Crippen LogP) is 12.7. The molecule has 0 aromatic heterocycles. The average Bonchev–Trinajstić information content (AvgIpc) is 3.15. The van der Waals surface area contributed by atoms with Gasteiger partial charge in [0.2, 0.25) is 5.91 Å². The molecule has 1 amide bonds. The first-order valence-electron chi connectivity index (χ1n) is 23.7. The van der Waals surface area contributed by atoms with E-state index in [1.54, 1.807) is 0 Å². The Morgan fingerprint density at radius 1 is 0.625 bits per heavy atom. The van der Waals surface area contributed by atoms with Crippen LogP contribution in [0.2, 0.25) is 0 Å². The van der Waals surface area contributed by atoms with Gasteiger partial charge in [-0.3, -0.25) is 9.36 Å². The lowest BCUT2D eigenvalue weighted by atomic mass is 10.0. The zero-order valence-electron chi connectivity index (χ0n) is 37.6. The molecule has 0 aliphatic carbocycles. The number of rotatable bonds is 43. The van der Waals surface area contributed by atoms with Crippen LogP contribution in [0, 0.1) is 0 Å². The highest BCUT2D eigenvalue weighted by Gasteiger charge is 2.24. The molecule has 56 heavy (non-hydrogen) atoms. The molecule has 0 aliphatic heterocycles. The van der Waals surface area contributed by atoms with Crippen LogP contribution in [-0.2, 0) is 18.4 Å². The third kappa shape index (κ3) is 41.2. The number of aliphatic hydroxyl groups excluding tert-OH is 1. The van der Waals surface area contributed by atoms with E-state index >= 15 is 0 Å². The molecule has 0 rings (SSSR count). The van der Waals surface area contributed by atoms with E-state index in [2.05, 4.69) is 43.5 Å². The highest BCUT2D eigenvalue weighted by molar-refractivity contribution is 7.45. The van der Waals surface area contributed by atoms with Gasteiger partial charge in [-0.2, -0.15) is 0 Å². The molecule has 9 heteroatoms. The Morgan fingerprint density at radius 2 is 1.04 bits per heavy atom. The number of unbranched alkanes of at least 4 members (excludes halogenated alkanes) is 26. The van der Waals surface area contributed by atoms with E-state index in [0.29, 0.717) is 23.9 Å². The number of hydrogen-bond donors (Lipinski definition) is 2. The second-order valence-corrected chi connectivity index (χ2v) is 18.9. The highest BCUT2D eigenvalue weighted by Crippen LogP contribution is 2.38. The molecule has 0 heterocycles. The monoisotopic (exact) mass is 813 g/mol. The van der Waals surface area contributed by atoms with E-state index < -0.39 is 20.0 Å². The standard InChI is InChI=1S/C47H93N2O6P/c1-6-8-10-12-13-14-15-16-17-18-19-20-21-22-23-24-25-26-27-28-29-30-31-32-33-34-35-37-39-41-47(51)48-45(46(50)40-38-36-11-9-7-2)44-55-56(52,53)54-43-42-49(3,4)5/h15-16,18-19,45-46,50H,6-14,17,20-44H2,1-5H3,(H-,48,51,52,53)/b16-15-,19-18-. The fourth-order valence-corrected chi connectivity index (χ4v) is 7.62. The Labute approximate surface area is 347 Å². The van der Waals surface area contributed by atoms with E-state index in [0.717, 1.165) is 57.8 Å². The third-order valence-electron chi connectivity index (χ3n) is 10.7. The normalized spacial score (nSPS) is 14.5. The predicted molar refractivity (Wildman–Crippen MR) is 238 cm³/mol. The summed E-state index contributed by atoms with van der Waals surface area (Å²) in [6, 6.07) is -0.793. The van der Waals surface area contributed by atoms with Crippen molar-refractivity contribution in [1.82, 2.24) is 5.32 Å². The zero-order chi connectivity index (χ0) is 41.4. The van der Waals surface area contributed by atoms with Crippen molar-refractivity contribution in [3.8, 4) is 0 Å². The Kier molecular flexibility index (Phi) is 38.7. The summed E-state index contributed by atoms with van der Waals surface area (Å²) in [5.74, 6) is -0.170. The van der Waals surface area contributed by atoms with Gasteiger partial charge in [0.25, 0.3) is 7.82 Å². The molecular weight excluding hydrogens is 719 g/mol.